The van der Waals surface area contributed by atoms with Gasteiger partial charge in [-0.15, -0.1) is 5.73 Å². The summed E-state index contributed by atoms with van der Waals surface area (Å²) in [5.74, 6) is -0.177. The Bertz CT molecular complexity index is 255. The maximum absolute atomic E-state index is 11.0. The second-order valence-corrected chi connectivity index (χ2v) is 9.48. The molecule has 0 fully saturated rings. The Hall–Kier alpha value is -0.793. The van der Waals surface area contributed by atoms with Crippen LogP contribution in [0.2, 0.25) is 19.6 Å². The van der Waals surface area contributed by atoms with Crippen molar-refractivity contribution in [3.63, 3.8) is 0 Å². The van der Waals surface area contributed by atoms with Crippen molar-refractivity contribution < 1.29 is 9.53 Å². The molecule has 0 unspecified atom stereocenters. The molecule has 80 valence electrons. The molecule has 0 aromatic heterocycles. The lowest BCUT2D eigenvalue weighted by atomic mass is 10.4. The van der Waals surface area contributed by atoms with Crippen LogP contribution in [-0.4, -0.2) is 20.7 Å². The first-order chi connectivity index (χ1) is 6.38. The quantitative estimate of drug-likeness (QED) is 0.407. The van der Waals surface area contributed by atoms with Crippen LogP contribution >= 0.6 is 0 Å². The summed E-state index contributed by atoms with van der Waals surface area (Å²) in [5.41, 5.74) is 3.16. The predicted octanol–water partition coefficient (Wildman–Crippen LogP) is 2.92. The Morgan fingerprint density at radius 3 is 2.43 bits per heavy atom. The SMILES string of the molecule is CCOC(=O)CC=C=C(C)[Si](C)(C)C. The van der Waals surface area contributed by atoms with Crippen LogP contribution in [0, 0.1) is 0 Å². The summed E-state index contributed by atoms with van der Waals surface area (Å²) in [4.78, 5) is 11.0. The molecule has 14 heavy (non-hydrogen) atoms. The van der Waals surface area contributed by atoms with E-state index >= 15 is 0 Å². The topological polar surface area (TPSA) is 26.3 Å². The molecule has 0 aromatic rings. The summed E-state index contributed by atoms with van der Waals surface area (Å²) in [6.07, 6.45) is 2.10. The average molecular weight is 212 g/mol. The highest BCUT2D eigenvalue weighted by Crippen LogP contribution is 2.11. The normalized spacial score (nSPS) is 10.4. The summed E-state index contributed by atoms with van der Waals surface area (Å²) in [5, 5.41) is 1.28. The number of carbonyl (C=O) groups is 1. The van der Waals surface area contributed by atoms with E-state index in [0.29, 0.717) is 13.0 Å². The Balaban J connectivity index is 4.23. The van der Waals surface area contributed by atoms with E-state index in [9.17, 15) is 4.79 Å². The van der Waals surface area contributed by atoms with E-state index in [2.05, 4.69) is 32.3 Å². The van der Waals surface area contributed by atoms with Gasteiger partial charge in [-0.3, -0.25) is 4.79 Å². The summed E-state index contributed by atoms with van der Waals surface area (Å²) in [7, 11) is -1.23. The van der Waals surface area contributed by atoms with Gasteiger partial charge in [0, 0.05) is 0 Å². The molecule has 0 heterocycles. The van der Waals surface area contributed by atoms with E-state index in [1.165, 1.54) is 5.20 Å². The first kappa shape index (κ1) is 13.2. The summed E-state index contributed by atoms with van der Waals surface area (Å²) in [6, 6.07) is 0. The number of carbonyl (C=O) groups excluding carboxylic acids is 1. The standard InChI is InChI=1S/C11H20O2Si/c1-6-13-11(12)9-7-8-10(2)14(3,4)5/h7H,6,9H2,1-5H3. The average Bonchev–Trinajstić information content (AvgIpc) is 2.02. The maximum atomic E-state index is 11.0. The van der Waals surface area contributed by atoms with Gasteiger partial charge in [0.25, 0.3) is 0 Å². The molecule has 0 radical (unpaired) electrons. The minimum atomic E-state index is -1.23. The van der Waals surface area contributed by atoms with Crippen molar-refractivity contribution in [2.24, 2.45) is 0 Å². The molecule has 0 aromatic carbocycles. The lowest BCUT2D eigenvalue weighted by Crippen LogP contribution is -2.21. The van der Waals surface area contributed by atoms with Crippen molar-refractivity contribution in [1.82, 2.24) is 0 Å². The van der Waals surface area contributed by atoms with Gasteiger partial charge in [0.15, 0.2) is 0 Å². The number of hydrogen-bond acceptors (Lipinski definition) is 2. The molecule has 0 rings (SSSR count). The van der Waals surface area contributed by atoms with Crippen LogP contribution in [0.4, 0.5) is 0 Å². The highest BCUT2D eigenvalue weighted by Gasteiger charge is 2.14. The van der Waals surface area contributed by atoms with Gasteiger partial charge in [0.05, 0.1) is 21.1 Å². The molecule has 0 aliphatic carbocycles. The molecule has 0 spiro atoms. The molecule has 0 amide bonds. The van der Waals surface area contributed by atoms with Crippen LogP contribution in [-0.2, 0) is 9.53 Å². The van der Waals surface area contributed by atoms with Gasteiger partial charge in [-0.25, -0.2) is 0 Å². The minimum absolute atomic E-state index is 0.177. The predicted molar refractivity (Wildman–Crippen MR) is 61.9 cm³/mol. The zero-order valence-electron chi connectivity index (χ0n) is 9.81. The van der Waals surface area contributed by atoms with Crippen LogP contribution in [0.15, 0.2) is 17.0 Å². The summed E-state index contributed by atoms with van der Waals surface area (Å²) < 4.78 is 4.80. The third kappa shape index (κ3) is 5.78. The monoisotopic (exact) mass is 212 g/mol. The molecule has 0 aliphatic rings. The second-order valence-electron chi connectivity index (χ2n) is 4.23. The van der Waals surface area contributed by atoms with Gasteiger partial charge < -0.3 is 4.74 Å². The van der Waals surface area contributed by atoms with Gasteiger partial charge >= 0.3 is 5.97 Å². The first-order valence-electron chi connectivity index (χ1n) is 4.95. The molecular weight excluding hydrogens is 192 g/mol. The van der Waals surface area contributed by atoms with Gasteiger partial charge in [0.1, 0.15) is 0 Å². The van der Waals surface area contributed by atoms with Crippen LogP contribution in [0.3, 0.4) is 0 Å². The number of hydrogen-bond donors (Lipinski definition) is 0. The first-order valence-corrected chi connectivity index (χ1v) is 8.45. The zero-order valence-corrected chi connectivity index (χ0v) is 10.8. The Kier molecular flexibility index (Phi) is 5.51. The van der Waals surface area contributed by atoms with E-state index < -0.39 is 8.07 Å². The fourth-order valence-corrected chi connectivity index (χ4v) is 1.26. The van der Waals surface area contributed by atoms with E-state index in [4.69, 9.17) is 4.74 Å². The maximum Gasteiger partial charge on any atom is 0.310 e. The lowest BCUT2D eigenvalue weighted by molar-refractivity contribution is -0.142. The molecule has 0 aliphatic heterocycles. The molecule has 0 atom stereocenters. The lowest BCUT2D eigenvalue weighted by Gasteiger charge is -2.13. The van der Waals surface area contributed by atoms with Crippen molar-refractivity contribution >= 4 is 14.0 Å². The van der Waals surface area contributed by atoms with E-state index in [0.717, 1.165) is 0 Å². The molecule has 0 saturated heterocycles. The third-order valence-electron chi connectivity index (χ3n) is 2.02. The van der Waals surface area contributed by atoms with Crippen molar-refractivity contribution in [2.75, 3.05) is 6.61 Å². The summed E-state index contributed by atoms with van der Waals surface area (Å²) >= 11 is 0. The van der Waals surface area contributed by atoms with E-state index in [1.54, 1.807) is 6.08 Å². The van der Waals surface area contributed by atoms with Gasteiger partial charge in [0.2, 0.25) is 0 Å². The van der Waals surface area contributed by atoms with Crippen LogP contribution < -0.4 is 0 Å². The Morgan fingerprint density at radius 1 is 1.43 bits per heavy atom. The summed E-state index contributed by atoms with van der Waals surface area (Å²) in [6.45, 7) is 11.1. The largest absolute Gasteiger partial charge is 0.466 e. The molecular formula is C11H20O2Si. The minimum Gasteiger partial charge on any atom is -0.466 e. The zero-order chi connectivity index (χ0) is 11.2. The van der Waals surface area contributed by atoms with Crippen molar-refractivity contribution in [3.05, 3.63) is 17.0 Å². The molecule has 0 bridgehead atoms. The molecule has 2 nitrogen and oxygen atoms in total. The molecule has 0 N–H and O–H groups in total. The van der Waals surface area contributed by atoms with Crippen LogP contribution in [0.1, 0.15) is 20.3 Å². The number of rotatable bonds is 4. The van der Waals surface area contributed by atoms with Gasteiger partial charge in [-0.05, 0) is 25.1 Å². The van der Waals surface area contributed by atoms with Gasteiger partial charge in [-0.2, -0.15) is 0 Å². The smallest absolute Gasteiger partial charge is 0.310 e. The van der Waals surface area contributed by atoms with Crippen molar-refractivity contribution in [3.8, 4) is 0 Å². The Morgan fingerprint density at radius 2 is 2.00 bits per heavy atom. The highest BCUT2D eigenvalue weighted by atomic mass is 28.3. The number of ether oxygens (including phenoxy) is 1. The Labute approximate surface area is 87.7 Å². The fraction of sp³-hybridized carbons (Fsp3) is 0.636. The fourth-order valence-electron chi connectivity index (χ4n) is 0.724. The van der Waals surface area contributed by atoms with E-state index in [1.807, 2.05) is 6.92 Å². The van der Waals surface area contributed by atoms with Crippen LogP contribution in [0.5, 0.6) is 0 Å². The molecule has 0 saturated carbocycles. The number of esters is 1. The molecule has 3 heteroatoms. The van der Waals surface area contributed by atoms with Gasteiger partial charge in [-0.1, -0.05) is 19.6 Å². The second kappa shape index (κ2) is 5.84. The van der Waals surface area contributed by atoms with Crippen molar-refractivity contribution in [1.29, 1.82) is 0 Å². The van der Waals surface area contributed by atoms with Crippen molar-refractivity contribution in [2.45, 2.75) is 39.9 Å². The van der Waals surface area contributed by atoms with Crippen LogP contribution in [0.25, 0.3) is 0 Å². The third-order valence-corrected chi connectivity index (χ3v) is 4.41. The van der Waals surface area contributed by atoms with E-state index in [-0.39, 0.29) is 5.97 Å². The highest BCUT2D eigenvalue weighted by molar-refractivity contribution is 6.82.